The number of anilines is 1. The van der Waals surface area contributed by atoms with Gasteiger partial charge in [0.2, 0.25) is 17.2 Å². The molecule has 1 saturated heterocycles. The van der Waals surface area contributed by atoms with E-state index < -0.39 is 0 Å². The maximum Gasteiger partial charge on any atom is 0.241 e. The summed E-state index contributed by atoms with van der Waals surface area (Å²) in [6, 6.07) is 0. The summed E-state index contributed by atoms with van der Waals surface area (Å²) in [5, 5.41) is 0.177. The number of methoxy groups -OCH3 is 1. The third-order valence-electron chi connectivity index (χ3n) is 3.79. The molecule has 8 heteroatoms. The largest absolute Gasteiger partial charge is 0.379 e. The van der Waals surface area contributed by atoms with E-state index in [2.05, 4.69) is 31.8 Å². The molecule has 3 heterocycles. The second-order valence-electron chi connectivity index (χ2n) is 5.16. The van der Waals surface area contributed by atoms with E-state index in [0.29, 0.717) is 17.8 Å². The molecule has 1 aliphatic rings. The van der Waals surface area contributed by atoms with E-state index in [1.807, 2.05) is 0 Å². The van der Waals surface area contributed by atoms with Crippen molar-refractivity contribution in [2.75, 3.05) is 25.1 Å². The summed E-state index contributed by atoms with van der Waals surface area (Å²) < 4.78 is 7.23. The van der Waals surface area contributed by atoms with Gasteiger partial charge in [-0.25, -0.2) is 4.98 Å². The zero-order chi connectivity index (χ0) is 14.8. The second kappa shape index (κ2) is 5.95. The molecule has 1 fully saturated rings. The molecule has 2 atom stereocenters. The Hall–Kier alpha value is -1.73. The lowest BCUT2D eigenvalue weighted by Gasteiger charge is -2.36. The number of rotatable bonds is 3. The van der Waals surface area contributed by atoms with Crippen LogP contribution in [0.5, 0.6) is 0 Å². The minimum absolute atomic E-state index is 0.172. The van der Waals surface area contributed by atoms with Crippen LogP contribution in [-0.2, 0) is 4.74 Å². The maximum absolute atomic E-state index is 6.03. The molecule has 3 rings (SSSR count). The van der Waals surface area contributed by atoms with Gasteiger partial charge in [-0.2, -0.15) is 15.0 Å². The minimum Gasteiger partial charge on any atom is -0.379 e. The topological polar surface area (TPSA) is 69.0 Å². The highest BCUT2D eigenvalue weighted by atomic mass is 35.5. The zero-order valence-corrected chi connectivity index (χ0v) is 12.7. The van der Waals surface area contributed by atoms with E-state index in [1.54, 1.807) is 30.4 Å². The average Bonchev–Trinajstić information content (AvgIpc) is 3.01. The predicted molar refractivity (Wildman–Crippen MR) is 78.8 cm³/mol. The number of piperidine rings is 1. The fraction of sp³-hybridized carbons (Fsp3) is 0.538. The summed E-state index contributed by atoms with van der Waals surface area (Å²) in [6.45, 7) is 3.83. The first-order chi connectivity index (χ1) is 10.2. The van der Waals surface area contributed by atoms with Crippen LogP contribution in [0.3, 0.4) is 0 Å². The first-order valence-corrected chi connectivity index (χ1v) is 7.23. The molecule has 2 unspecified atom stereocenters. The first-order valence-electron chi connectivity index (χ1n) is 6.85. The van der Waals surface area contributed by atoms with E-state index in [4.69, 9.17) is 16.3 Å². The summed E-state index contributed by atoms with van der Waals surface area (Å²) in [5.41, 5.74) is 0. The Morgan fingerprint density at radius 1 is 1.29 bits per heavy atom. The van der Waals surface area contributed by atoms with Gasteiger partial charge in [0.25, 0.3) is 0 Å². The second-order valence-corrected chi connectivity index (χ2v) is 5.50. The fourth-order valence-electron chi connectivity index (χ4n) is 2.49. The van der Waals surface area contributed by atoms with Gasteiger partial charge in [-0.15, -0.1) is 0 Å². The molecule has 112 valence electrons. The molecule has 0 amide bonds. The van der Waals surface area contributed by atoms with E-state index in [-0.39, 0.29) is 11.4 Å². The monoisotopic (exact) mass is 308 g/mol. The molecule has 2 aromatic heterocycles. The molecule has 0 aliphatic carbocycles. The normalized spacial score (nSPS) is 22.5. The number of aromatic nitrogens is 5. The predicted octanol–water partition coefficient (Wildman–Crippen LogP) is 1.57. The number of imidazole rings is 1. The van der Waals surface area contributed by atoms with Crippen molar-refractivity contribution in [2.45, 2.75) is 19.4 Å². The van der Waals surface area contributed by atoms with Crippen molar-refractivity contribution < 1.29 is 4.74 Å². The third kappa shape index (κ3) is 2.98. The van der Waals surface area contributed by atoms with Crippen LogP contribution in [0.15, 0.2) is 18.7 Å². The molecule has 0 N–H and O–H groups in total. The Balaban J connectivity index is 1.88. The molecular weight excluding hydrogens is 292 g/mol. The summed E-state index contributed by atoms with van der Waals surface area (Å²) >= 11 is 6.03. The number of nitrogens with zero attached hydrogens (tertiary/aromatic N) is 6. The first kappa shape index (κ1) is 14.2. The van der Waals surface area contributed by atoms with Gasteiger partial charge in [0, 0.05) is 32.6 Å². The van der Waals surface area contributed by atoms with Crippen molar-refractivity contribution in [2.24, 2.45) is 5.92 Å². The Kier molecular flexibility index (Phi) is 4.03. The summed E-state index contributed by atoms with van der Waals surface area (Å²) in [5.74, 6) is 1.57. The highest BCUT2D eigenvalue weighted by Crippen LogP contribution is 2.23. The van der Waals surface area contributed by atoms with E-state index in [1.165, 1.54) is 0 Å². The summed E-state index contributed by atoms with van der Waals surface area (Å²) in [4.78, 5) is 18.9. The van der Waals surface area contributed by atoms with Crippen molar-refractivity contribution >= 4 is 17.5 Å². The van der Waals surface area contributed by atoms with Gasteiger partial charge in [-0.3, -0.25) is 4.57 Å². The molecule has 0 radical (unpaired) electrons. The average molecular weight is 309 g/mol. The summed E-state index contributed by atoms with van der Waals surface area (Å²) in [7, 11) is 1.74. The Labute approximate surface area is 128 Å². The molecule has 2 aromatic rings. The van der Waals surface area contributed by atoms with Crippen LogP contribution in [0, 0.1) is 5.92 Å². The molecule has 0 aromatic carbocycles. The Bertz CT molecular complexity index is 605. The number of hydrogen-bond donors (Lipinski definition) is 0. The van der Waals surface area contributed by atoms with E-state index >= 15 is 0 Å². The Morgan fingerprint density at radius 3 is 2.81 bits per heavy atom. The van der Waals surface area contributed by atoms with Crippen LogP contribution in [0.1, 0.15) is 13.3 Å². The van der Waals surface area contributed by atoms with Crippen molar-refractivity contribution in [3.05, 3.63) is 24.0 Å². The number of halogens is 1. The maximum atomic E-state index is 6.03. The fourth-order valence-corrected chi connectivity index (χ4v) is 2.64. The number of ether oxygens (including phenoxy) is 1. The van der Waals surface area contributed by atoms with Gasteiger partial charge in [-0.05, 0) is 23.9 Å². The highest BCUT2D eigenvalue weighted by molar-refractivity contribution is 6.28. The van der Waals surface area contributed by atoms with Crippen LogP contribution in [0.4, 0.5) is 5.95 Å². The lowest BCUT2D eigenvalue weighted by atomic mass is 9.96. The van der Waals surface area contributed by atoms with Crippen molar-refractivity contribution in [3.8, 4) is 5.95 Å². The van der Waals surface area contributed by atoms with Crippen LogP contribution >= 0.6 is 11.6 Å². The highest BCUT2D eigenvalue weighted by Gasteiger charge is 2.28. The summed E-state index contributed by atoms with van der Waals surface area (Å²) in [6.07, 6.45) is 6.27. The van der Waals surface area contributed by atoms with Crippen LogP contribution in [-0.4, -0.2) is 50.8 Å². The lowest BCUT2D eigenvalue weighted by molar-refractivity contribution is 0.0494. The van der Waals surface area contributed by atoms with Crippen molar-refractivity contribution in [1.82, 2.24) is 24.5 Å². The van der Waals surface area contributed by atoms with E-state index in [0.717, 1.165) is 19.5 Å². The standard InChI is InChI=1S/C13H17ClN6O/c1-9-3-5-19(7-10(9)21-2)12-16-11(14)17-13(18-12)20-6-4-15-8-20/h4,6,8-10H,3,5,7H2,1-2H3. The van der Waals surface area contributed by atoms with Crippen molar-refractivity contribution in [1.29, 1.82) is 0 Å². The van der Waals surface area contributed by atoms with Gasteiger partial charge in [0.1, 0.15) is 6.33 Å². The molecule has 0 saturated carbocycles. The van der Waals surface area contributed by atoms with Crippen molar-refractivity contribution in [3.63, 3.8) is 0 Å². The lowest BCUT2D eigenvalue weighted by Crippen LogP contribution is -2.44. The van der Waals surface area contributed by atoms with Gasteiger partial charge < -0.3 is 9.64 Å². The zero-order valence-electron chi connectivity index (χ0n) is 12.0. The van der Waals surface area contributed by atoms with Crippen LogP contribution < -0.4 is 4.90 Å². The molecule has 0 bridgehead atoms. The van der Waals surface area contributed by atoms with E-state index in [9.17, 15) is 0 Å². The molecule has 0 spiro atoms. The molecule has 7 nitrogen and oxygen atoms in total. The quantitative estimate of drug-likeness (QED) is 0.857. The third-order valence-corrected chi connectivity index (χ3v) is 3.96. The number of hydrogen-bond acceptors (Lipinski definition) is 6. The smallest absolute Gasteiger partial charge is 0.241 e. The van der Waals surface area contributed by atoms with Gasteiger partial charge in [0.05, 0.1) is 6.10 Å². The van der Waals surface area contributed by atoms with Crippen LogP contribution in [0.2, 0.25) is 5.28 Å². The molecule has 21 heavy (non-hydrogen) atoms. The Morgan fingerprint density at radius 2 is 2.10 bits per heavy atom. The minimum atomic E-state index is 0.172. The SMILES string of the molecule is COC1CN(c2nc(Cl)nc(-n3ccnc3)n2)CCC1C. The van der Waals surface area contributed by atoms with Crippen LogP contribution in [0.25, 0.3) is 5.95 Å². The molecular formula is C13H17ClN6O. The van der Waals surface area contributed by atoms with Gasteiger partial charge >= 0.3 is 0 Å². The van der Waals surface area contributed by atoms with Gasteiger partial charge in [-0.1, -0.05) is 6.92 Å². The molecule has 1 aliphatic heterocycles. The van der Waals surface area contributed by atoms with Gasteiger partial charge in [0.15, 0.2) is 0 Å².